The maximum Gasteiger partial charge on any atom is 0.221 e. The number of hydrogen-bond donors (Lipinski definition) is 2. The fourth-order valence-electron chi connectivity index (χ4n) is 1.96. The molecule has 1 saturated heterocycles. The monoisotopic (exact) mass is 324 g/mol. The summed E-state index contributed by atoms with van der Waals surface area (Å²) in [5.74, 6) is 0.0867. The third-order valence-electron chi connectivity index (χ3n) is 2.90. The van der Waals surface area contributed by atoms with Crippen LogP contribution in [0.4, 0.5) is 0 Å². The third-order valence-corrected chi connectivity index (χ3v) is 2.90. The van der Waals surface area contributed by atoms with Crippen molar-refractivity contribution in [1.29, 1.82) is 0 Å². The molecular formula is C12H22Cl2N4O2. The molecule has 2 N–H and O–H groups in total. The van der Waals surface area contributed by atoms with Crippen molar-refractivity contribution < 1.29 is 9.53 Å². The molecular weight excluding hydrogens is 303 g/mol. The second-order valence-electron chi connectivity index (χ2n) is 4.43. The maximum atomic E-state index is 11.6. The average molecular weight is 325 g/mol. The molecule has 0 aromatic carbocycles. The third kappa shape index (κ3) is 7.09. The zero-order chi connectivity index (χ0) is 12.6. The summed E-state index contributed by atoms with van der Waals surface area (Å²) in [7, 11) is 0. The molecule has 1 atom stereocenters. The summed E-state index contributed by atoms with van der Waals surface area (Å²) < 4.78 is 7.31. The fraction of sp³-hybridized carbons (Fsp3) is 0.667. The topological polar surface area (TPSA) is 68.2 Å². The first-order valence-electron chi connectivity index (χ1n) is 6.38. The molecule has 2 heterocycles. The zero-order valence-corrected chi connectivity index (χ0v) is 12.9. The van der Waals surface area contributed by atoms with Crippen molar-refractivity contribution in [3.8, 4) is 0 Å². The van der Waals surface area contributed by atoms with Crippen LogP contribution >= 0.6 is 24.8 Å². The summed E-state index contributed by atoms with van der Waals surface area (Å²) >= 11 is 0. The van der Waals surface area contributed by atoms with Gasteiger partial charge in [0, 0.05) is 44.5 Å². The molecule has 1 fully saturated rings. The standard InChI is InChI=1S/C12H20N4O2.2ClH/c17-12(8-11-9-18-7-4-14-11)15-2-1-5-16-6-3-13-10-16;;/h3,6,10-11,14H,1-2,4-5,7-9H2,(H,15,17);2*1H. The molecule has 1 aromatic heterocycles. The zero-order valence-electron chi connectivity index (χ0n) is 11.3. The predicted molar refractivity (Wildman–Crippen MR) is 81.6 cm³/mol. The number of nitrogens with one attached hydrogen (secondary N) is 2. The summed E-state index contributed by atoms with van der Waals surface area (Å²) in [5.41, 5.74) is 0. The number of rotatable bonds is 6. The minimum Gasteiger partial charge on any atom is -0.378 e. The molecule has 2 rings (SSSR count). The first-order valence-corrected chi connectivity index (χ1v) is 6.38. The van der Waals surface area contributed by atoms with Gasteiger partial charge in [0.2, 0.25) is 5.91 Å². The lowest BCUT2D eigenvalue weighted by Gasteiger charge is -2.23. The van der Waals surface area contributed by atoms with Gasteiger partial charge in [0.15, 0.2) is 0 Å². The van der Waals surface area contributed by atoms with Crippen LogP contribution in [0.5, 0.6) is 0 Å². The van der Waals surface area contributed by atoms with Gasteiger partial charge < -0.3 is 19.9 Å². The Morgan fingerprint density at radius 3 is 3.00 bits per heavy atom. The average Bonchev–Trinajstić information content (AvgIpc) is 2.89. The van der Waals surface area contributed by atoms with Crippen LogP contribution in [0.15, 0.2) is 18.7 Å². The first kappa shape index (κ1) is 19.2. The van der Waals surface area contributed by atoms with E-state index in [0.717, 1.165) is 26.1 Å². The van der Waals surface area contributed by atoms with Crippen LogP contribution in [-0.4, -0.2) is 47.8 Å². The van der Waals surface area contributed by atoms with Gasteiger partial charge in [0.25, 0.3) is 0 Å². The SMILES string of the molecule is Cl.Cl.O=C(CC1COCCN1)NCCCn1ccnc1. The van der Waals surface area contributed by atoms with Gasteiger partial charge in [-0.2, -0.15) is 0 Å². The van der Waals surface area contributed by atoms with Gasteiger partial charge in [-0.1, -0.05) is 0 Å². The van der Waals surface area contributed by atoms with E-state index in [1.807, 2.05) is 10.8 Å². The van der Waals surface area contributed by atoms with Crippen LogP contribution in [0.1, 0.15) is 12.8 Å². The minimum absolute atomic E-state index is 0. The normalized spacial score (nSPS) is 17.7. The van der Waals surface area contributed by atoms with Crippen molar-refractivity contribution in [3.63, 3.8) is 0 Å². The predicted octanol–water partition coefficient (Wildman–Crippen LogP) is 0.611. The van der Waals surface area contributed by atoms with Gasteiger partial charge in [-0.05, 0) is 6.42 Å². The van der Waals surface area contributed by atoms with Gasteiger partial charge in [0.05, 0.1) is 19.5 Å². The smallest absolute Gasteiger partial charge is 0.221 e. The van der Waals surface area contributed by atoms with Crippen molar-refractivity contribution in [3.05, 3.63) is 18.7 Å². The number of amides is 1. The highest BCUT2D eigenvalue weighted by Crippen LogP contribution is 1.98. The number of nitrogens with zero attached hydrogens (tertiary/aromatic N) is 2. The van der Waals surface area contributed by atoms with Crippen molar-refractivity contribution in [1.82, 2.24) is 20.2 Å². The Bertz CT molecular complexity index is 356. The second-order valence-corrected chi connectivity index (χ2v) is 4.43. The fourth-order valence-corrected chi connectivity index (χ4v) is 1.96. The molecule has 20 heavy (non-hydrogen) atoms. The molecule has 0 spiro atoms. The largest absolute Gasteiger partial charge is 0.378 e. The molecule has 0 radical (unpaired) electrons. The number of hydrogen-bond acceptors (Lipinski definition) is 4. The molecule has 0 aliphatic carbocycles. The van der Waals surface area contributed by atoms with Gasteiger partial charge in [-0.3, -0.25) is 4.79 Å². The van der Waals surface area contributed by atoms with Crippen LogP contribution in [0.25, 0.3) is 0 Å². The molecule has 0 bridgehead atoms. The van der Waals surface area contributed by atoms with Gasteiger partial charge in [0.1, 0.15) is 0 Å². The second kappa shape index (κ2) is 10.9. The van der Waals surface area contributed by atoms with Gasteiger partial charge in [-0.25, -0.2) is 4.98 Å². The first-order chi connectivity index (χ1) is 8.84. The van der Waals surface area contributed by atoms with E-state index in [1.54, 1.807) is 12.5 Å². The summed E-state index contributed by atoms with van der Waals surface area (Å²) in [6, 6.07) is 0.160. The molecule has 0 saturated carbocycles. The molecule has 1 aliphatic rings. The van der Waals surface area contributed by atoms with Crippen molar-refractivity contribution in [2.24, 2.45) is 0 Å². The van der Waals surface area contributed by atoms with E-state index in [4.69, 9.17) is 4.74 Å². The van der Waals surface area contributed by atoms with E-state index in [2.05, 4.69) is 15.6 Å². The van der Waals surface area contributed by atoms with Crippen molar-refractivity contribution >= 4 is 30.7 Å². The molecule has 1 unspecified atom stereocenters. The molecule has 1 aliphatic heterocycles. The van der Waals surface area contributed by atoms with Crippen molar-refractivity contribution in [2.45, 2.75) is 25.4 Å². The lowest BCUT2D eigenvalue weighted by Crippen LogP contribution is -2.44. The van der Waals surface area contributed by atoms with E-state index in [9.17, 15) is 4.79 Å². The van der Waals surface area contributed by atoms with E-state index in [0.29, 0.717) is 19.6 Å². The van der Waals surface area contributed by atoms with E-state index in [1.165, 1.54) is 0 Å². The number of carbonyl (C=O) groups is 1. The van der Waals surface area contributed by atoms with Crippen LogP contribution in [0, 0.1) is 0 Å². The molecule has 1 aromatic rings. The van der Waals surface area contributed by atoms with E-state index < -0.39 is 0 Å². The van der Waals surface area contributed by atoms with Crippen LogP contribution < -0.4 is 10.6 Å². The lowest BCUT2D eigenvalue weighted by molar-refractivity contribution is -0.122. The van der Waals surface area contributed by atoms with Crippen LogP contribution in [-0.2, 0) is 16.1 Å². The summed E-state index contributed by atoms with van der Waals surface area (Å²) in [4.78, 5) is 15.6. The lowest BCUT2D eigenvalue weighted by atomic mass is 10.2. The minimum atomic E-state index is 0. The number of imidazole rings is 1. The van der Waals surface area contributed by atoms with E-state index >= 15 is 0 Å². The Labute approximate surface area is 131 Å². The van der Waals surface area contributed by atoms with Gasteiger partial charge in [-0.15, -0.1) is 24.8 Å². The molecule has 6 nitrogen and oxygen atoms in total. The van der Waals surface area contributed by atoms with Crippen LogP contribution in [0.3, 0.4) is 0 Å². The van der Waals surface area contributed by atoms with Crippen molar-refractivity contribution in [2.75, 3.05) is 26.3 Å². The number of carbonyl (C=O) groups excluding carboxylic acids is 1. The number of ether oxygens (including phenoxy) is 1. The summed E-state index contributed by atoms with van der Waals surface area (Å²) in [6.45, 7) is 3.78. The number of aryl methyl sites for hydroxylation is 1. The summed E-state index contributed by atoms with van der Waals surface area (Å²) in [5, 5.41) is 6.19. The molecule has 116 valence electrons. The van der Waals surface area contributed by atoms with E-state index in [-0.39, 0.29) is 36.8 Å². The van der Waals surface area contributed by atoms with Gasteiger partial charge >= 0.3 is 0 Å². The van der Waals surface area contributed by atoms with Crippen LogP contribution in [0.2, 0.25) is 0 Å². The Hall–Kier alpha value is -0.820. The highest BCUT2D eigenvalue weighted by atomic mass is 35.5. The Morgan fingerprint density at radius 1 is 1.50 bits per heavy atom. The maximum absolute atomic E-state index is 11.6. The Morgan fingerprint density at radius 2 is 2.35 bits per heavy atom. The number of morpholine rings is 1. The molecule has 1 amide bonds. The Kier molecular flexibility index (Phi) is 10.5. The highest BCUT2D eigenvalue weighted by molar-refractivity contribution is 5.85. The number of aromatic nitrogens is 2. The molecule has 8 heteroatoms. The highest BCUT2D eigenvalue weighted by Gasteiger charge is 2.16. The quantitative estimate of drug-likeness (QED) is 0.752. The summed E-state index contributed by atoms with van der Waals surface area (Å²) in [6.07, 6.45) is 6.87. The number of halogens is 2. The Balaban J connectivity index is 0.00000180.